The van der Waals surface area contributed by atoms with Gasteiger partial charge in [-0.25, -0.2) is 0 Å². The van der Waals surface area contributed by atoms with Crippen molar-refractivity contribution in [2.75, 3.05) is 6.61 Å². The van der Waals surface area contributed by atoms with Crippen molar-refractivity contribution in [1.82, 2.24) is 0 Å². The fourth-order valence-corrected chi connectivity index (χ4v) is 1.22. The van der Waals surface area contributed by atoms with Crippen LogP contribution in [0.25, 0.3) is 6.08 Å². The van der Waals surface area contributed by atoms with E-state index in [0.717, 1.165) is 11.3 Å². The number of para-hydroxylation sites is 1. The quantitative estimate of drug-likeness (QED) is 0.624. The SMILES string of the molecule is NC1C=Cc2ccccc2OC1. The molecule has 62 valence electrons. The van der Waals surface area contributed by atoms with Gasteiger partial charge in [-0.05, 0) is 6.07 Å². The van der Waals surface area contributed by atoms with Gasteiger partial charge in [-0.3, -0.25) is 0 Å². The second-order valence-corrected chi connectivity index (χ2v) is 2.87. The minimum absolute atomic E-state index is 0.0115. The lowest BCUT2D eigenvalue weighted by molar-refractivity contribution is 0.308. The maximum atomic E-state index is 5.70. The number of benzene rings is 1. The minimum atomic E-state index is 0.0115. The van der Waals surface area contributed by atoms with E-state index in [1.54, 1.807) is 0 Å². The van der Waals surface area contributed by atoms with Crippen LogP contribution >= 0.6 is 0 Å². The highest BCUT2D eigenvalue weighted by atomic mass is 16.5. The molecular weight excluding hydrogens is 150 g/mol. The first kappa shape index (κ1) is 7.37. The van der Waals surface area contributed by atoms with Gasteiger partial charge in [-0.1, -0.05) is 30.4 Å². The summed E-state index contributed by atoms with van der Waals surface area (Å²) in [7, 11) is 0. The molecule has 1 aromatic rings. The van der Waals surface area contributed by atoms with Crippen LogP contribution in [0.2, 0.25) is 0 Å². The van der Waals surface area contributed by atoms with Gasteiger partial charge >= 0.3 is 0 Å². The van der Waals surface area contributed by atoms with Crippen LogP contribution in [0.15, 0.2) is 30.3 Å². The molecule has 12 heavy (non-hydrogen) atoms. The Labute approximate surface area is 71.6 Å². The predicted molar refractivity (Wildman–Crippen MR) is 48.9 cm³/mol. The zero-order valence-corrected chi connectivity index (χ0v) is 6.73. The van der Waals surface area contributed by atoms with Crippen LogP contribution in [0.4, 0.5) is 0 Å². The highest BCUT2D eigenvalue weighted by Crippen LogP contribution is 2.21. The Balaban J connectivity index is 2.39. The molecule has 0 radical (unpaired) electrons. The molecule has 1 heterocycles. The van der Waals surface area contributed by atoms with Crippen LogP contribution < -0.4 is 10.5 Å². The molecule has 0 saturated carbocycles. The summed E-state index contributed by atoms with van der Waals surface area (Å²) in [6, 6.07) is 7.94. The Morgan fingerprint density at radius 3 is 3.08 bits per heavy atom. The lowest BCUT2D eigenvalue weighted by atomic mass is 10.2. The molecule has 0 fully saturated rings. The zero-order chi connectivity index (χ0) is 8.39. The maximum Gasteiger partial charge on any atom is 0.126 e. The van der Waals surface area contributed by atoms with Gasteiger partial charge in [-0.2, -0.15) is 0 Å². The first-order chi connectivity index (χ1) is 5.86. The minimum Gasteiger partial charge on any atom is -0.491 e. The van der Waals surface area contributed by atoms with Gasteiger partial charge in [0.2, 0.25) is 0 Å². The molecule has 0 saturated heterocycles. The summed E-state index contributed by atoms with van der Waals surface area (Å²) in [5.74, 6) is 0.918. The molecule has 0 spiro atoms. The molecule has 1 unspecified atom stereocenters. The summed E-state index contributed by atoms with van der Waals surface area (Å²) in [6.45, 7) is 0.563. The average Bonchev–Trinajstić information content (AvgIpc) is 2.29. The van der Waals surface area contributed by atoms with Crippen LogP contribution in [0, 0.1) is 0 Å². The van der Waals surface area contributed by atoms with E-state index in [0.29, 0.717) is 6.61 Å². The second kappa shape index (κ2) is 2.99. The van der Waals surface area contributed by atoms with E-state index in [1.807, 2.05) is 36.4 Å². The number of fused-ring (bicyclic) bond motifs is 1. The highest BCUT2D eigenvalue weighted by molar-refractivity contribution is 5.58. The van der Waals surface area contributed by atoms with Crippen molar-refractivity contribution in [2.24, 2.45) is 5.73 Å². The molecule has 0 bridgehead atoms. The van der Waals surface area contributed by atoms with Gasteiger partial charge in [0.15, 0.2) is 0 Å². The molecule has 0 aliphatic carbocycles. The first-order valence-corrected chi connectivity index (χ1v) is 4.02. The topological polar surface area (TPSA) is 35.2 Å². The molecule has 1 aliphatic heterocycles. The molecule has 2 rings (SSSR count). The van der Waals surface area contributed by atoms with E-state index >= 15 is 0 Å². The number of hydrogen-bond acceptors (Lipinski definition) is 2. The van der Waals surface area contributed by atoms with Crippen LogP contribution in [0.5, 0.6) is 5.75 Å². The van der Waals surface area contributed by atoms with E-state index in [9.17, 15) is 0 Å². The van der Waals surface area contributed by atoms with E-state index in [4.69, 9.17) is 10.5 Å². The Kier molecular flexibility index (Phi) is 1.84. The van der Waals surface area contributed by atoms with Crippen molar-refractivity contribution in [3.05, 3.63) is 35.9 Å². The van der Waals surface area contributed by atoms with Crippen molar-refractivity contribution in [3.8, 4) is 5.75 Å². The molecule has 0 amide bonds. The van der Waals surface area contributed by atoms with Crippen molar-refractivity contribution in [2.45, 2.75) is 6.04 Å². The molecule has 2 heteroatoms. The normalized spacial score (nSPS) is 20.9. The van der Waals surface area contributed by atoms with Crippen LogP contribution in [0.1, 0.15) is 5.56 Å². The van der Waals surface area contributed by atoms with Gasteiger partial charge in [0.05, 0.1) is 6.04 Å². The number of nitrogens with two attached hydrogens (primary N) is 1. The lowest BCUT2D eigenvalue weighted by Gasteiger charge is -2.07. The highest BCUT2D eigenvalue weighted by Gasteiger charge is 2.06. The average molecular weight is 161 g/mol. The standard InChI is InChI=1S/C10H11NO/c11-9-6-5-8-3-1-2-4-10(8)12-7-9/h1-6,9H,7,11H2. The largest absolute Gasteiger partial charge is 0.491 e. The Bertz CT molecular complexity index is 306. The number of hydrogen-bond donors (Lipinski definition) is 1. The Hall–Kier alpha value is -1.28. The molecule has 1 aliphatic rings. The van der Waals surface area contributed by atoms with Crippen molar-refractivity contribution in [1.29, 1.82) is 0 Å². The summed E-state index contributed by atoms with van der Waals surface area (Å²) in [6.07, 6.45) is 3.97. The van der Waals surface area contributed by atoms with Crippen molar-refractivity contribution in [3.63, 3.8) is 0 Å². The van der Waals surface area contributed by atoms with Crippen LogP contribution in [-0.2, 0) is 0 Å². The summed E-state index contributed by atoms with van der Waals surface area (Å²) in [5.41, 5.74) is 6.80. The third-order valence-electron chi connectivity index (χ3n) is 1.87. The monoisotopic (exact) mass is 161 g/mol. The Morgan fingerprint density at radius 1 is 1.33 bits per heavy atom. The number of rotatable bonds is 0. The third-order valence-corrected chi connectivity index (χ3v) is 1.87. The molecule has 2 N–H and O–H groups in total. The van der Waals surface area contributed by atoms with Crippen LogP contribution in [-0.4, -0.2) is 12.6 Å². The van der Waals surface area contributed by atoms with E-state index < -0.39 is 0 Å². The molecule has 2 nitrogen and oxygen atoms in total. The molecule has 0 aromatic heterocycles. The van der Waals surface area contributed by atoms with E-state index in [-0.39, 0.29) is 6.04 Å². The van der Waals surface area contributed by atoms with Gasteiger partial charge < -0.3 is 10.5 Å². The second-order valence-electron chi connectivity index (χ2n) is 2.87. The summed E-state index contributed by atoms with van der Waals surface area (Å²) < 4.78 is 5.47. The molecule has 1 aromatic carbocycles. The fraction of sp³-hybridized carbons (Fsp3) is 0.200. The van der Waals surface area contributed by atoms with Crippen molar-refractivity contribution >= 4 is 6.08 Å². The summed E-state index contributed by atoms with van der Waals surface area (Å²) in [5, 5.41) is 0. The predicted octanol–water partition coefficient (Wildman–Crippen LogP) is 1.42. The third kappa shape index (κ3) is 1.34. The molecule has 1 atom stereocenters. The smallest absolute Gasteiger partial charge is 0.126 e. The summed E-state index contributed by atoms with van der Waals surface area (Å²) >= 11 is 0. The van der Waals surface area contributed by atoms with Gasteiger partial charge in [0, 0.05) is 5.56 Å². The van der Waals surface area contributed by atoms with Gasteiger partial charge in [0.25, 0.3) is 0 Å². The molecular formula is C10H11NO. The van der Waals surface area contributed by atoms with E-state index in [2.05, 4.69) is 0 Å². The fourth-order valence-electron chi connectivity index (χ4n) is 1.22. The van der Waals surface area contributed by atoms with E-state index in [1.165, 1.54) is 0 Å². The summed E-state index contributed by atoms with van der Waals surface area (Å²) in [4.78, 5) is 0. The zero-order valence-electron chi connectivity index (χ0n) is 6.73. The number of ether oxygens (including phenoxy) is 1. The maximum absolute atomic E-state index is 5.70. The lowest BCUT2D eigenvalue weighted by Crippen LogP contribution is -2.24. The van der Waals surface area contributed by atoms with Crippen molar-refractivity contribution < 1.29 is 4.74 Å². The van der Waals surface area contributed by atoms with Gasteiger partial charge in [0.1, 0.15) is 12.4 Å². The Morgan fingerprint density at radius 2 is 2.17 bits per heavy atom. The van der Waals surface area contributed by atoms with Crippen LogP contribution in [0.3, 0.4) is 0 Å². The first-order valence-electron chi connectivity index (χ1n) is 4.02. The van der Waals surface area contributed by atoms with Gasteiger partial charge in [-0.15, -0.1) is 0 Å².